The Morgan fingerprint density at radius 2 is 1.00 bits per heavy atom. The Bertz CT molecular complexity index is 1040. The summed E-state index contributed by atoms with van der Waals surface area (Å²) in [5.74, 6) is 1.84. The van der Waals surface area contributed by atoms with Gasteiger partial charge in [-0.3, -0.25) is 0 Å². The van der Waals surface area contributed by atoms with Crippen molar-refractivity contribution in [2.45, 2.75) is 0 Å². The van der Waals surface area contributed by atoms with Gasteiger partial charge in [-0.25, -0.2) is 0 Å². The van der Waals surface area contributed by atoms with Gasteiger partial charge in [-0.05, 0) is 70.1 Å². The molecule has 0 spiro atoms. The average molecular weight is 346 g/mol. The van der Waals surface area contributed by atoms with E-state index in [-0.39, 0.29) is 11.5 Å². The fourth-order valence-corrected chi connectivity index (χ4v) is 3.45. The van der Waals surface area contributed by atoms with Crippen molar-refractivity contribution in [3.05, 3.63) is 60.7 Å². The van der Waals surface area contributed by atoms with Crippen LogP contribution in [0.15, 0.2) is 60.7 Å². The van der Waals surface area contributed by atoms with E-state index in [1.807, 2.05) is 36.4 Å². The Balaban J connectivity index is 2.19. The molecule has 0 unspecified atom stereocenters. The van der Waals surface area contributed by atoms with E-state index >= 15 is 0 Å². The highest BCUT2D eigenvalue weighted by Gasteiger charge is 2.18. The second-order valence-corrected chi connectivity index (χ2v) is 6.10. The largest absolute Gasteiger partial charge is 0.508 e. The molecule has 4 heteroatoms. The monoisotopic (exact) mass is 346 g/mol. The highest BCUT2D eigenvalue weighted by molar-refractivity contribution is 6.10. The third-order valence-corrected chi connectivity index (χ3v) is 4.62. The number of fused-ring (bicyclic) bond motifs is 2. The number of phenolic OH excluding ortho intramolecular Hbond substituents is 2. The molecule has 4 rings (SSSR count). The van der Waals surface area contributed by atoms with Gasteiger partial charge in [0, 0.05) is 11.1 Å². The van der Waals surface area contributed by atoms with Gasteiger partial charge in [0.05, 0.1) is 14.2 Å². The van der Waals surface area contributed by atoms with Crippen molar-refractivity contribution < 1.29 is 19.7 Å². The summed E-state index contributed by atoms with van der Waals surface area (Å²) in [6, 6.07) is 18.1. The highest BCUT2D eigenvalue weighted by Crippen LogP contribution is 2.46. The van der Waals surface area contributed by atoms with Crippen molar-refractivity contribution in [1.29, 1.82) is 0 Å². The number of hydrogen-bond donors (Lipinski definition) is 2. The van der Waals surface area contributed by atoms with E-state index in [1.54, 1.807) is 38.5 Å². The van der Waals surface area contributed by atoms with E-state index < -0.39 is 0 Å². The SMILES string of the molecule is COc1ccc2cc(O)ccc2c1-c1c(OC)ccc2cc(O)ccc12. The van der Waals surface area contributed by atoms with Gasteiger partial charge < -0.3 is 19.7 Å². The Hall–Kier alpha value is -3.40. The summed E-state index contributed by atoms with van der Waals surface area (Å²) in [7, 11) is 3.27. The molecule has 4 aromatic carbocycles. The lowest BCUT2D eigenvalue weighted by atomic mass is 9.92. The molecule has 4 nitrogen and oxygen atoms in total. The van der Waals surface area contributed by atoms with Crippen LogP contribution in [0.2, 0.25) is 0 Å². The van der Waals surface area contributed by atoms with Crippen molar-refractivity contribution in [2.75, 3.05) is 14.2 Å². The van der Waals surface area contributed by atoms with Crippen LogP contribution in [0.1, 0.15) is 0 Å². The van der Waals surface area contributed by atoms with Crippen molar-refractivity contribution in [3.63, 3.8) is 0 Å². The molecule has 0 bridgehead atoms. The Morgan fingerprint density at radius 3 is 1.38 bits per heavy atom. The minimum atomic E-state index is 0.212. The number of methoxy groups -OCH3 is 2. The van der Waals surface area contributed by atoms with Crippen molar-refractivity contribution in [2.24, 2.45) is 0 Å². The second-order valence-electron chi connectivity index (χ2n) is 6.10. The van der Waals surface area contributed by atoms with E-state index in [2.05, 4.69) is 0 Å². The van der Waals surface area contributed by atoms with E-state index in [0.717, 1.165) is 32.7 Å². The van der Waals surface area contributed by atoms with Gasteiger partial charge in [0.2, 0.25) is 0 Å². The molecule has 0 amide bonds. The van der Waals surface area contributed by atoms with Gasteiger partial charge in [-0.1, -0.05) is 12.1 Å². The Kier molecular flexibility index (Phi) is 3.81. The Labute approximate surface area is 150 Å². The fourth-order valence-electron chi connectivity index (χ4n) is 3.45. The van der Waals surface area contributed by atoms with Crippen LogP contribution in [0, 0.1) is 0 Å². The van der Waals surface area contributed by atoms with Crippen LogP contribution in [0.3, 0.4) is 0 Å². The quantitative estimate of drug-likeness (QED) is 0.542. The van der Waals surface area contributed by atoms with E-state index in [4.69, 9.17) is 9.47 Å². The van der Waals surface area contributed by atoms with Crippen LogP contribution >= 0.6 is 0 Å². The zero-order valence-corrected chi connectivity index (χ0v) is 14.5. The molecule has 130 valence electrons. The van der Waals surface area contributed by atoms with Crippen molar-refractivity contribution in [1.82, 2.24) is 0 Å². The number of aromatic hydroxyl groups is 2. The van der Waals surface area contributed by atoms with E-state index in [9.17, 15) is 10.2 Å². The molecule has 0 aliphatic heterocycles. The molecule has 2 N–H and O–H groups in total. The molecule has 0 fully saturated rings. The summed E-state index contributed by atoms with van der Waals surface area (Å²) in [6.07, 6.45) is 0. The number of hydrogen-bond acceptors (Lipinski definition) is 4. The maximum absolute atomic E-state index is 9.84. The minimum Gasteiger partial charge on any atom is -0.508 e. The first-order valence-electron chi connectivity index (χ1n) is 8.22. The third-order valence-electron chi connectivity index (χ3n) is 4.62. The van der Waals surface area contributed by atoms with Crippen molar-refractivity contribution in [3.8, 4) is 34.1 Å². The van der Waals surface area contributed by atoms with Crippen LogP contribution in [-0.2, 0) is 0 Å². The molecule has 0 aromatic heterocycles. The number of phenols is 2. The molecule has 0 saturated heterocycles. The van der Waals surface area contributed by atoms with Gasteiger partial charge >= 0.3 is 0 Å². The third kappa shape index (κ3) is 2.47. The topological polar surface area (TPSA) is 58.9 Å². The summed E-state index contributed by atoms with van der Waals surface area (Å²) in [5.41, 5.74) is 1.77. The van der Waals surface area contributed by atoms with Crippen LogP contribution in [0.4, 0.5) is 0 Å². The number of benzene rings is 4. The smallest absolute Gasteiger partial charge is 0.127 e. The molecule has 0 aliphatic rings. The predicted octanol–water partition coefficient (Wildman–Crippen LogP) is 5.09. The maximum Gasteiger partial charge on any atom is 0.127 e. The van der Waals surface area contributed by atoms with Crippen LogP contribution < -0.4 is 9.47 Å². The standard InChI is InChI=1S/C22H18O4/c1-25-19-9-3-13-11-15(23)5-7-17(13)21(19)22-18-8-6-16(24)12-14(18)4-10-20(22)26-2/h3-12,23-24H,1-2H3. The molecule has 0 heterocycles. The zero-order chi connectivity index (χ0) is 18.3. The summed E-state index contributed by atoms with van der Waals surface area (Å²) in [6.45, 7) is 0. The molecule has 0 aliphatic carbocycles. The lowest BCUT2D eigenvalue weighted by Crippen LogP contribution is -1.94. The highest BCUT2D eigenvalue weighted by atomic mass is 16.5. The summed E-state index contributed by atoms with van der Waals surface area (Å²) in [5, 5.41) is 23.4. The molecule has 4 aromatic rings. The van der Waals surface area contributed by atoms with Crippen molar-refractivity contribution >= 4 is 21.5 Å². The number of rotatable bonds is 3. The molecule has 26 heavy (non-hydrogen) atoms. The fraction of sp³-hybridized carbons (Fsp3) is 0.0909. The zero-order valence-electron chi connectivity index (χ0n) is 14.5. The molecular formula is C22H18O4. The van der Waals surface area contributed by atoms with E-state index in [0.29, 0.717) is 11.5 Å². The van der Waals surface area contributed by atoms with Gasteiger partial charge in [-0.15, -0.1) is 0 Å². The van der Waals surface area contributed by atoms with Crippen LogP contribution in [0.25, 0.3) is 32.7 Å². The van der Waals surface area contributed by atoms with Crippen LogP contribution in [0.5, 0.6) is 23.0 Å². The first kappa shape index (κ1) is 16.1. The molecule has 0 saturated carbocycles. The second kappa shape index (κ2) is 6.15. The maximum atomic E-state index is 9.84. The first-order chi connectivity index (χ1) is 12.6. The summed E-state index contributed by atoms with van der Waals surface area (Å²) >= 11 is 0. The van der Waals surface area contributed by atoms with Gasteiger partial charge in [0.1, 0.15) is 23.0 Å². The van der Waals surface area contributed by atoms with Gasteiger partial charge in [0.15, 0.2) is 0 Å². The predicted molar refractivity (Wildman–Crippen MR) is 103 cm³/mol. The molecule has 0 radical (unpaired) electrons. The lowest BCUT2D eigenvalue weighted by Gasteiger charge is -2.18. The summed E-state index contributed by atoms with van der Waals surface area (Å²) in [4.78, 5) is 0. The molecule has 0 atom stereocenters. The average Bonchev–Trinajstić information content (AvgIpc) is 2.65. The van der Waals surface area contributed by atoms with Gasteiger partial charge in [0.25, 0.3) is 0 Å². The van der Waals surface area contributed by atoms with Gasteiger partial charge in [-0.2, -0.15) is 0 Å². The minimum absolute atomic E-state index is 0.212. The lowest BCUT2D eigenvalue weighted by molar-refractivity contribution is 0.411. The number of ether oxygens (including phenoxy) is 2. The summed E-state index contributed by atoms with van der Waals surface area (Å²) < 4.78 is 11.3. The van der Waals surface area contributed by atoms with Crippen LogP contribution in [-0.4, -0.2) is 24.4 Å². The molecular weight excluding hydrogens is 328 g/mol. The van der Waals surface area contributed by atoms with E-state index in [1.165, 1.54) is 0 Å². The normalized spacial score (nSPS) is 11.0. The Morgan fingerprint density at radius 1 is 0.577 bits per heavy atom. The first-order valence-corrected chi connectivity index (χ1v) is 8.22.